The summed E-state index contributed by atoms with van der Waals surface area (Å²) in [5.41, 5.74) is 5.20. The molecule has 47 heavy (non-hydrogen) atoms. The van der Waals surface area contributed by atoms with Crippen LogP contribution in [0.15, 0.2) is 48.5 Å². The van der Waals surface area contributed by atoms with Crippen molar-refractivity contribution in [2.24, 2.45) is 0 Å². The number of hydrogen-bond acceptors (Lipinski definition) is 10. The van der Waals surface area contributed by atoms with E-state index in [2.05, 4.69) is 27.5 Å². The van der Waals surface area contributed by atoms with Gasteiger partial charge in [0, 0.05) is 38.4 Å². The number of benzene rings is 2. The monoisotopic (exact) mass is 665 g/mol. The molecular formula is C33H40ClN7O6. The fraction of sp³-hybridized carbons (Fsp3) is 0.424. The first-order valence-corrected chi connectivity index (χ1v) is 15.6. The Bertz CT molecular complexity index is 1650. The van der Waals surface area contributed by atoms with Crippen LogP contribution in [0.2, 0.25) is 0 Å². The van der Waals surface area contributed by atoms with Gasteiger partial charge in [-0.3, -0.25) is 4.79 Å². The zero-order valence-corrected chi connectivity index (χ0v) is 27.8. The van der Waals surface area contributed by atoms with Gasteiger partial charge in [0.25, 0.3) is 0 Å². The summed E-state index contributed by atoms with van der Waals surface area (Å²) in [5.74, 6) is 0.434. The molecule has 1 N–H and O–H groups in total. The Hall–Kier alpha value is -4.78. The Morgan fingerprint density at radius 3 is 2.36 bits per heavy atom. The number of nitrogens with one attached hydrogen (secondary N) is 1. The van der Waals surface area contributed by atoms with Gasteiger partial charge in [0.2, 0.25) is 12.7 Å². The Morgan fingerprint density at radius 2 is 1.72 bits per heavy atom. The second-order valence-electron chi connectivity index (χ2n) is 11.1. The highest BCUT2D eigenvalue weighted by Crippen LogP contribution is 2.34. The number of esters is 1. The Labute approximate surface area is 279 Å². The van der Waals surface area contributed by atoms with Crippen molar-refractivity contribution in [3.05, 3.63) is 71.3 Å². The zero-order valence-electron chi connectivity index (χ0n) is 27.0. The Balaban J connectivity index is 0.00000500. The molecule has 0 bridgehead atoms. The molecule has 1 unspecified atom stereocenters. The average Bonchev–Trinajstić information content (AvgIpc) is 3.72. The predicted octanol–water partition coefficient (Wildman–Crippen LogP) is 5.44. The van der Waals surface area contributed by atoms with Crippen LogP contribution < -0.4 is 0 Å². The molecular weight excluding hydrogens is 626 g/mol. The molecule has 0 radical (unpaired) electrons. The van der Waals surface area contributed by atoms with E-state index < -0.39 is 25.0 Å². The average molecular weight is 666 g/mol. The summed E-state index contributed by atoms with van der Waals surface area (Å²) in [6, 6.07) is 15.0. The number of nitrogens with zero attached hydrogens (tertiary/aromatic N) is 6. The fourth-order valence-corrected chi connectivity index (χ4v) is 5.76. The molecule has 2 aromatic heterocycles. The van der Waals surface area contributed by atoms with Crippen LogP contribution in [-0.2, 0) is 43.2 Å². The molecule has 0 aliphatic carbocycles. The molecule has 1 aliphatic heterocycles. The molecule has 5 rings (SSSR count). The molecule has 1 amide bonds. The topological polar surface area (TPSA) is 154 Å². The second kappa shape index (κ2) is 16.2. The highest BCUT2D eigenvalue weighted by Gasteiger charge is 2.40. The summed E-state index contributed by atoms with van der Waals surface area (Å²) in [5, 5.41) is 14.3. The van der Waals surface area contributed by atoms with Crippen molar-refractivity contribution in [1.29, 1.82) is 0 Å². The number of aromatic nitrogens is 6. The first-order chi connectivity index (χ1) is 22.3. The van der Waals surface area contributed by atoms with Crippen LogP contribution in [0.1, 0.15) is 75.8 Å². The van der Waals surface area contributed by atoms with E-state index in [1.54, 1.807) is 0 Å². The van der Waals surface area contributed by atoms with Crippen molar-refractivity contribution in [2.45, 2.75) is 78.5 Å². The van der Waals surface area contributed by atoms with Crippen LogP contribution in [0.4, 0.5) is 4.79 Å². The molecule has 3 heterocycles. The summed E-state index contributed by atoms with van der Waals surface area (Å²) in [4.78, 5) is 44.8. The summed E-state index contributed by atoms with van der Waals surface area (Å²) in [6.07, 6.45) is 2.14. The molecule has 1 atom stereocenters. The molecule has 1 aliphatic rings. The van der Waals surface area contributed by atoms with Gasteiger partial charge in [-0.2, -0.15) is 0 Å². The molecule has 0 saturated heterocycles. The minimum Gasteiger partial charge on any atom is -0.431 e. The summed E-state index contributed by atoms with van der Waals surface area (Å²) in [7, 11) is 0. The number of aryl methyl sites for hydroxylation is 1. The minimum atomic E-state index is -1.04. The molecule has 2 aromatic carbocycles. The quantitative estimate of drug-likeness (QED) is 0.153. The van der Waals surface area contributed by atoms with Crippen LogP contribution in [-0.4, -0.2) is 72.5 Å². The summed E-state index contributed by atoms with van der Waals surface area (Å²) < 4.78 is 17.7. The van der Waals surface area contributed by atoms with Gasteiger partial charge in [-0.05, 0) is 46.4 Å². The summed E-state index contributed by atoms with van der Waals surface area (Å²) in [6.45, 7) is 7.42. The molecule has 0 saturated carbocycles. The van der Waals surface area contributed by atoms with Crippen LogP contribution in [0, 0.1) is 0 Å². The smallest absolute Gasteiger partial charge is 0.431 e. The van der Waals surface area contributed by atoms with E-state index in [4.69, 9.17) is 19.2 Å². The van der Waals surface area contributed by atoms with E-state index in [9.17, 15) is 14.4 Å². The van der Waals surface area contributed by atoms with E-state index in [-0.39, 0.29) is 24.4 Å². The van der Waals surface area contributed by atoms with E-state index in [0.29, 0.717) is 50.3 Å². The summed E-state index contributed by atoms with van der Waals surface area (Å²) >= 11 is 0. The maximum absolute atomic E-state index is 13.6. The first-order valence-electron chi connectivity index (χ1n) is 15.6. The number of ether oxygens (including phenoxy) is 3. The third kappa shape index (κ3) is 7.97. The van der Waals surface area contributed by atoms with Crippen molar-refractivity contribution in [1.82, 2.24) is 35.1 Å². The lowest BCUT2D eigenvalue weighted by Crippen LogP contribution is -2.44. The SMILES string of the molecule is CCCc1nc2c(n1Cc1ccc(-c3ccccc3-c3nnn[nH]3)cc1)C(C(=O)OCOC(=O)OC(CC)CC)N(C(C)=O)CC2.Cl. The first kappa shape index (κ1) is 35.1. The van der Waals surface area contributed by atoms with Crippen molar-refractivity contribution < 1.29 is 28.6 Å². The van der Waals surface area contributed by atoms with Crippen LogP contribution in [0.3, 0.4) is 0 Å². The Kier molecular flexibility index (Phi) is 12.1. The minimum absolute atomic E-state index is 0. The van der Waals surface area contributed by atoms with Crippen LogP contribution in [0.5, 0.6) is 0 Å². The van der Waals surface area contributed by atoms with Gasteiger partial charge in [-0.15, -0.1) is 17.5 Å². The number of amides is 1. The number of rotatable bonds is 12. The number of tetrazole rings is 1. The van der Waals surface area contributed by atoms with Crippen molar-refractivity contribution in [3.63, 3.8) is 0 Å². The number of imidazole rings is 1. The van der Waals surface area contributed by atoms with Crippen LogP contribution >= 0.6 is 12.4 Å². The van der Waals surface area contributed by atoms with Gasteiger partial charge in [0.15, 0.2) is 11.9 Å². The number of hydrogen-bond donors (Lipinski definition) is 1. The maximum Gasteiger partial charge on any atom is 0.511 e. The molecule has 0 spiro atoms. The molecule has 0 fully saturated rings. The second-order valence-corrected chi connectivity index (χ2v) is 11.1. The number of fused-ring (bicyclic) bond motifs is 1. The van der Waals surface area contributed by atoms with Gasteiger partial charge in [0.1, 0.15) is 11.9 Å². The maximum atomic E-state index is 13.6. The third-order valence-corrected chi connectivity index (χ3v) is 8.11. The molecule has 14 heteroatoms. The molecule has 13 nitrogen and oxygen atoms in total. The number of carbonyl (C=O) groups excluding carboxylic acids is 3. The standard InChI is InChI=1S/C33H39N7O6.ClH/c1-5-10-28-34-27-17-18-39(21(4)41)30(32(42)44-20-45-33(43)46-24(6-2)7-3)29(27)40(28)19-22-13-15-23(16-14-22)25-11-8-9-12-26(25)31-35-37-38-36-31;/h8-9,11-16,24,30H,5-7,10,17-20H2,1-4H3,(H,35,36,37,38);1H. The number of H-pyrrole nitrogens is 1. The van der Waals surface area contributed by atoms with E-state index in [0.717, 1.165) is 40.2 Å². The van der Waals surface area contributed by atoms with E-state index >= 15 is 0 Å². The van der Waals surface area contributed by atoms with Gasteiger partial charge in [-0.25, -0.2) is 19.7 Å². The zero-order chi connectivity index (χ0) is 32.6. The van der Waals surface area contributed by atoms with Gasteiger partial charge < -0.3 is 23.7 Å². The van der Waals surface area contributed by atoms with Crippen molar-refractivity contribution >= 4 is 30.4 Å². The number of carbonyl (C=O) groups is 3. The normalized spacial score (nSPS) is 13.9. The highest BCUT2D eigenvalue weighted by molar-refractivity contribution is 5.86. The highest BCUT2D eigenvalue weighted by atomic mass is 35.5. The molecule has 4 aromatic rings. The third-order valence-electron chi connectivity index (χ3n) is 8.11. The van der Waals surface area contributed by atoms with Gasteiger partial charge in [-0.1, -0.05) is 69.3 Å². The Morgan fingerprint density at radius 1 is 1.00 bits per heavy atom. The largest absolute Gasteiger partial charge is 0.511 e. The van der Waals surface area contributed by atoms with Gasteiger partial charge in [0.05, 0.1) is 11.4 Å². The van der Waals surface area contributed by atoms with Gasteiger partial charge >= 0.3 is 12.1 Å². The lowest BCUT2D eigenvalue weighted by Gasteiger charge is -2.34. The number of halogens is 1. The predicted molar refractivity (Wildman–Crippen MR) is 174 cm³/mol. The van der Waals surface area contributed by atoms with Crippen molar-refractivity contribution in [2.75, 3.05) is 13.3 Å². The molecule has 250 valence electrons. The number of aromatic amines is 1. The van der Waals surface area contributed by atoms with Crippen molar-refractivity contribution in [3.8, 4) is 22.5 Å². The fourth-order valence-electron chi connectivity index (χ4n) is 5.76. The van der Waals surface area contributed by atoms with E-state index in [1.807, 2.05) is 66.9 Å². The lowest BCUT2D eigenvalue weighted by atomic mass is 9.98. The van der Waals surface area contributed by atoms with E-state index in [1.165, 1.54) is 11.8 Å². The lowest BCUT2D eigenvalue weighted by molar-refractivity contribution is -0.164. The van der Waals surface area contributed by atoms with Crippen LogP contribution in [0.25, 0.3) is 22.5 Å².